The highest BCUT2D eigenvalue weighted by molar-refractivity contribution is 7.70. The summed E-state index contributed by atoms with van der Waals surface area (Å²) in [6, 6.07) is 0. The summed E-state index contributed by atoms with van der Waals surface area (Å²) in [5.41, 5.74) is -2.97. The number of esters is 1. The molecule has 0 amide bonds. The van der Waals surface area contributed by atoms with E-state index >= 15 is 0 Å². The molecular formula is C8H15O8P. The van der Waals surface area contributed by atoms with Gasteiger partial charge in [0.05, 0.1) is 12.0 Å². The minimum Gasteiger partial charge on any atom is -0.472 e. The van der Waals surface area contributed by atoms with Crippen molar-refractivity contribution >= 4 is 19.3 Å². The second-order valence-electron chi connectivity index (χ2n) is 3.80. The van der Waals surface area contributed by atoms with E-state index in [0.717, 1.165) is 0 Å². The first-order chi connectivity index (χ1) is 7.63. The number of rotatable bonds is 7. The molecule has 0 aromatic rings. The number of hydrogen-bond donors (Lipinski definition) is 2. The van der Waals surface area contributed by atoms with Crippen LogP contribution in [-0.4, -0.2) is 42.2 Å². The average Bonchev–Trinajstić information content (AvgIpc) is 2.16. The number of hydrogen-bond acceptors (Lipinski definition) is 6. The molecule has 0 aromatic heterocycles. The summed E-state index contributed by atoms with van der Waals surface area (Å²) in [6.45, 7) is 2.25. The fourth-order valence-electron chi connectivity index (χ4n) is 0.822. The summed E-state index contributed by atoms with van der Waals surface area (Å²) in [5, 5.41) is 8.25. The Balaban J connectivity index is 4.19. The van der Waals surface area contributed by atoms with Gasteiger partial charge in [0.2, 0.25) is 6.79 Å². The first-order valence-electron chi connectivity index (χ1n) is 4.50. The Morgan fingerprint density at radius 1 is 1.35 bits per heavy atom. The van der Waals surface area contributed by atoms with Crippen molar-refractivity contribution < 1.29 is 38.2 Å². The molecule has 0 rings (SSSR count). The van der Waals surface area contributed by atoms with Crippen molar-refractivity contribution in [3.8, 4) is 0 Å². The molecule has 9 heteroatoms. The van der Waals surface area contributed by atoms with Gasteiger partial charge in [-0.1, -0.05) is 0 Å². The summed E-state index contributed by atoms with van der Waals surface area (Å²) in [4.78, 5) is 30.3. The molecule has 0 saturated carbocycles. The van der Waals surface area contributed by atoms with E-state index in [1.165, 1.54) is 21.0 Å². The molecule has 0 aliphatic rings. The largest absolute Gasteiger partial charge is 0.472 e. The predicted molar refractivity (Wildman–Crippen MR) is 55.6 cm³/mol. The maximum absolute atomic E-state index is 11.4. The fourth-order valence-corrected chi connectivity index (χ4v) is 1.13. The fraction of sp³-hybridized carbons (Fsp3) is 0.750. The van der Waals surface area contributed by atoms with Crippen LogP contribution < -0.4 is 0 Å². The molecule has 0 fully saturated rings. The van der Waals surface area contributed by atoms with Gasteiger partial charge in [-0.2, -0.15) is 0 Å². The Kier molecular flexibility index (Phi) is 5.77. The van der Waals surface area contributed by atoms with Crippen molar-refractivity contribution in [3.05, 3.63) is 0 Å². The second kappa shape index (κ2) is 6.11. The predicted octanol–water partition coefficient (Wildman–Crippen LogP) is 1.04. The van der Waals surface area contributed by atoms with E-state index in [4.69, 9.17) is 14.7 Å². The summed E-state index contributed by atoms with van der Waals surface area (Å²) < 4.78 is 24.1. The minimum atomic E-state index is -4.78. The molecule has 0 bridgehead atoms. The first kappa shape index (κ1) is 16.1. The Morgan fingerprint density at radius 3 is 2.29 bits per heavy atom. The van der Waals surface area contributed by atoms with Crippen LogP contribution in [0.15, 0.2) is 0 Å². The van der Waals surface area contributed by atoms with E-state index in [-0.39, 0.29) is 6.61 Å². The third-order valence-electron chi connectivity index (χ3n) is 1.72. The van der Waals surface area contributed by atoms with Gasteiger partial charge in [0.25, 0.3) is 0 Å². The smallest absolute Gasteiger partial charge is 0.438 e. The van der Waals surface area contributed by atoms with E-state index in [1.54, 1.807) is 0 Å². The molecule has 0 aromatic carbocycles. The van der Waals surface area contributed by atoms with Crippen LogP contribution in [0.1, 0.15) is 13.8 Å². The molecule has 0 radical (unpaired) electrons. The third-order valence-corrected chi connectivity index (χ3v) is 2.66. The van der Waals surface area contributed by atoms with Gasteiger partial charge in [-0.25, -0.2) is 9.36 Å². The lowest BCUT2D eigenvalue weighted by atomic mass is 9.95. The van der Waals surface area contributed by atoms with Crippen LogP contribution >= 0.6 is 7.60 Å². The second-order valence-corrected chi connectivity index (χ2v) is 5.48. The van der Waals surface area contributed by atoms with Crippen molar-refractivity contribution in [1.82, 2.24) is 0 Å². The topological polar surface area (TPSA) is 119 Å². The van der Waals surface area contributed by atoms with Crippen molar-refractivity contribution in [1.29, 1.82) is 0 Å². The van der Waals surface area contributed by atoms with Crippen LogP contribution in [0, 0.1) is 5.41 Å². The van der Waals surface area contributed by atoms with Gasteiger partial charge in [-0.3, -0.25) is 9.32 Å². The van der Waals surface area contributed by atoms with E-state index in [0.29, 0.717) is 0 Å². The highest BCUT2D eigenvalue weighted by Crippen LogP contribution is 2.42. The van der Waals surface area contributed by atoms with Gasteiger partial charge in [-0.15, -0.1) is 0 Å². The van der Waals surface area contributed by atoms with Crippen molar-refractivity contribution in [2.75, 3.05) is 20.5 Å². The first-order valence-corrected chi connectivity index (χ1v) is 6.08. The maximum Gasteiger partial charge on any atom is 0.438 e. The van der Waals surface area contributed by atoms with Crippen LogP contribution in [-0.2, 0) is 23.4 Å². The molecule has 1 unspecified atom stereocenters. The maximum atomic E-state index is 11.4. The van der Waals surface area contributed by atoms with E-state index in [2.05, 4.69) is 9.26 Å². The molecule has 100 valence electrons. The Hall–Kier alpha value is -0.950. The zero-order chi connectivity index (χ0) is 13.7. The zero-order valence-corrected chi connectivity index (χ0v) is 10.6. The summed E-state index contributed by atoms with van der Waals surface area (Å²) in [7, 11) is -3.38. The molecule has 0 aliphatic carbocycles. The van der Waals surface area contributed by atoms with Crippen molar-refractivity contribution in [2.45, 2.75) is 13.8 Å². The third kappa shape index (κ3) is 5.27. The van der Waals surface area contributed by atoms with Crippen LogP contribution in [0.2, 0.25) is 0 Å². The lowest BCUT2D eigenvalue weighted by Gasteiger charge is -2.21. The Labute approximate surface area is 98.0 Å². The molecule has 8 nitrogen and oxygen atoms in total. The van der Waals surface area contributed by atoms with Crippen molar-refractivity contribution in [2.24, 2.45) is 5.41 Å². The van der Waals surface area contributed by atoms with Crippen LogP contribution in [0.3, 0.4) is 0 Å². The number of carbonyl (C=O) groups excluding carboxylic acids is 1. The van der Waals surface area contributed by atoms with Crippen LogP contribution in [0.5, 0.6) is 0 Å². The highest BCUT2D eigenvalue weighted by Gasteiger charge is 2.33. The summed E-state index contributed by atoms with van der Waals surface area (Å²) >= 11 is 0. The van der Waals surface area contributed by atoms with Crippen molar-refractivity contribution in [3.63, 3.8) is 0 Å². The molecule has 17 heavy (non-hydrogen) atoms. The molecule has 0 saturated heterocycles. The summed E-state index contributed by atoms with van der Waals surface area (Å²) in [5.74, 6) is -0.732. The number of carboxylic acid groups (broad SMARTS) is 1. The Bertz CT molecular complexity index is 336. The van der Waals surface area contributed by atoms with E-state index in [1.807, 2.05) is 0 Å². The molecule has 0 heterocycles. The minimum absolute atomic E-state index is 0.0849. The molecular weight excluding hydrogens is 255 g/mol. The highest BCUT2D eigenvalue weighted by atomic mass is 31.2. The SMILES string of the molecule is COCC(C)(C)C(=O)OCOP(=O)(O)C(=O)O. The molecule has 0 spiro atoms. The quantitative estimate of drug-likeness (QED) is 0.400. The lowest BCUT2D eigenvalue weighted by Crippen LogP contribution is -2.31. The number of carbonyl (C=O) groups is 2. The number of ether oxygens (including phenoxy) is 2. The molecule has 0 aliphatic heterocycles. The van der Waals surface area contributed by atoms with Gasteiger partial charge in [-0.05, 0) is 13.8 Å². The standard InChI is InChI=1S/C8H15O8P/c1-8(2,4-14-3)6(9)15-5-16-17(12,13)7(10)11/h4-5H2,1-3H3,(H,10,11)(H,12,13). The van der Waals surface area contributed by atoms with Crippen LogP contribution in [0.25, 0.3) is 0 Å². The normalized spacial score (nSPS) is 15.1. The zero-order valence-electron chi connectivity index (χ0n) is 9.71. The van der Waals surface area contributed by atoms with E-state index < -0.39 is 31.5 Å². The number of methoxy groups -OCH3 is 1. The van der Waals surface area contributed by atoms with Gasteiger partial charge in [0, 0.05) is 7.11 Å². The lowest BCUT2D eigenvalue weighted by molar-refractivity contribution is -0.163. The molecule has 1 atom stereocenters. The van der Waals surface area contributed by atoms with Gasteiger partial charge in [0.15, 0.2) is 0 Å². The van der Waals surface area contributed by atoms with Gasteiger partial charge < -0.3 is 19.5 Å². The van der Waals surface area contributed by atoms with Gasteiger partial charge in [0.1, 0.15) is 0 Å². The van der Waals surface area contributed by atoms with E-state index in [9.17, 15) is 14.2 Å². The average molecular weight is 270 g/mol. The van der Waals surface area contributed by atoms with Crippen LogP contribution in [0.4, 0.5) is 4.79 Å². The van der Waals surface area contributed by atoms with Gasteiger partial charge >= 0.3 is 19.3 Å². The Morgan fingerprint density at radius 2 is 1.88 bits per heavy atom. The summed E-state index contributed by atoms with van der Waals surface area (Å²) in [6.07, 6.45) is 0. The monoisotopic (exact) mass is 270 g/mol. The molecule has 2 N–H and O–H groups in total.